The highest BCUT2D eigenvalue weighted by Crippen LogP contribution is 2.15. The predicted molar refractivity (Wildman–Crippen MR) is 89.7 cm³/mol. The molecule has 1 rings (SSSR count). The number of carbonyl (C=O) groups excluding carboxylic acids is 1. The fourth-order valence-electron chi connectivity index (χ4n) is 1.75. The highest BCUT2D eigenvalue weighted by atomic mass is 32.1. The van der Waals surface area contributed by atoms with E-state index in [2.05, 4.69) is 10.6 Å². The summed E-state index contributed by atoms with van der Waals surface area (Å²) in [5, 5.41) is 6.51. The van der Waals surface area contributed by atoms with Crippen LogP contribution in [-0.2, 0) is 4.79 Å². The SMILES string of the molecule is CCN(CC(=O)NC(C)C)C(=S)Nc1ccc(OC)cc1. The third-order valence-electron chi connectivity index (χ3n) is 2.79. The van der Waals surface area contributed by atoms with Crippen molar-refractivity contribution in [2.75, 3.05) is 25.5 Å². The Kier molecular flexibility index (Phi) is 6.94. The lowest BCUT2D eigenvalue weighted by Crippen LogP contribution is -2.44. The average Bonchev–Trinajstić information content (AvgIpc) is 2.44. The van der Waals surface area contributed by atoms with Crippen LogP contribution in [0.1, 0.15) is 20.8 Å². The Morgan fingerprint density at radius 2 is 1.95 bits per heavy atom. The summed E-state index contributed by atoms with van der Waals surface area (Å²) in [4.78, 5) is 13.6. The molecule has 0 radical (unpaired) electrons. The number of ether oxygens (including phenoxy) is 1. The number of likely N-dealkylation sites (N-methyl/N-ethyl adjacent to an activating group) is 1. The first kappa shape index (κ1) is 17.2. The van der Waals surface area contributed by atoms with Crippen LogP contribution in [0.3, 0.4) is 0 Å². The standard InChI is InChI=1S/C15H23N3O2S/c1-5-18(10-14(19)16-11(2)3)15(21)17-12-6-8-13(20-4)9-7-12/h6-9,11H,5,10H2,1-4H3,(H,16,19)(H,17,21). The van der Waals surface area contributed by atoms with Crippen LogP contribution in [0.2, 0.25) is 0 Å². The van der Waals surface area contributed by atoms with Crippen LogP contribution in [0.25, 0.3) is 0 Å². The van der Waals surface area contributed by atoms with Crippen LogP contribution in [0.15, 0.2) is 24.3 Å². The van der Waals surface area contributed by atoms with Gasteiger partial charge in [-0.2, -0.15) is 0 Å². The summed E-state index contributed by atoms with van der Waals surface area (Å²) in [6.45, 7) is 6.74. The van der Waals surface area contributed by atoms with Gasteiger partial charge in [0.25, 0.3) is 0 Å². The van der Waals surface area contributed by atoms with Gasteiger partial charge in [0.1, 0.15) is 5.75 Å². The molecular formula is C15H23N3O2S. The minimum Gasteiger partial charge on any atom is -0.497 e. The summed E-state index contributed by atoms with van der Waals surface area (Å²) < 4.78 is 5.11. The predicted octanol–water partition coefficient (Wildman–Crippen LogP) is 2.24. The summed E-state index contributed by atoms with van der Waals surface area (Å²) in [5.74, 6) is 0.751. The molecule has 1 aromatic carbocycles. The summed E-state index contributed by atoms with van der Waals surface area (Å²) in [6.07, 6.45) is 0. The molecule has 0 aliphatic heterocycles. The van der Waals surface area contributed by atoms with Crippen molar-refractivity contribution in [1.82, 2.24) is 10.2 Å². The molecule has 5 nitrogen and oxygen atoms in total. The molecule has 1 amide bonds. The molecule has 1 aromatic rings. The Hall–Kier alpha value is -1.82. The monoisotopic (exact) mass is 309 g/mol. The lowest BCUT2D eigenvalue weighted by Gasteiger charge is -2.24. The van der Waals surface area contributed by atoms with Gasteiger partial charge < -0.3 is 20.3 Å². The molecule has 0 bridgehead atoms. The van der Waals surface area contributed by atoms with E-state index < -0.39 is 0 Å². The average molecular weight is 309 g/mol. The van der Waals surface area contributed by atoms with E-state index in [1.54, 1.807) is 7.11 Å². The van der Waals surface area contributed by atoms with Crippen molar-refractivity contribution >= 4 is 28.9 Å². The van der Waals surface area contributed by atoms with Crippen LogP contribution in [-0.4, -0.2) is 42.2 Å². The Bertz CT molecular complexity index is 474. The normalized spacial score (nSPS) is 10.1. The number of benzene rings is 1. The maximum Gasteiger partial charge on any atom is 0.239 e. The molecule has 0 fully saturated rings. The van der Waals surface area contributed by atoms with E-state index in [4.69, 9.17) is 17.0 Å². The van der Waals surface area contributed by atoms with Gasteiger partial charge >= 0.3 is 0 Å². The van der Waals surface area contributed by atoms with E-state index in [9.17, 15) is 4.79 Å². The smallest absolute Gasteiger partial charge is 0.239 e. The molecule has 0 aromatic heterocycles. The molecule has 21 heavy (non-hydrogen) atoms. The fraction of sp³-hybridized carbons (Fsp3) is 0.467. The Labute approximate surface area is 131 Å². The maximum atomic E-state index is 11.8. The summed E-state index contributed by atoms with van der Waals surface area (Å²) in [7, 11) is 1.62. The Morgan fingerprint density at radius 1 is 1.33 bits per heavy atom. The zero-order chi connectivity index (χ0) is 15.8. The second-order valence-corrected chi connectivity index (χ2v) is 5.28. The topological polar surface area (TPSA) is 53.6 Å². The van der Waals surface area contributed by atoms with Crippen molar-refractivity contribution in [3.8, 4) is 5.75 Å². The number of nitrogens with one attached hydrogen (secondary N) is 2. The number of rotatable bonds is 6. The number of hydrogen-bond acceptors (Lipinski definition) is 3. The molecule has 0 heterocycles. The zero-order valence-electron chi connectivity index (χ0n) is 13.0. The van der Waals surface area contributed by atoms with E-state index in [0.29, 0.717) is 11.7 Å². The summed E-state index contributed by atoms with van der Waals surface area (Å²) in [5.41, 5.74) is 0.864. The van der Waals surface area contributed by atoms with Crippen LogP contribution in [0, 0.1) is 0 Å². The number of hydrogen-bond donors (Lipinski definition) is 2. The van der Waals surface area contributed by atoms with Crippen LogP contribution < -0.4 is 15.4 Å². The molecule has 0 spiro atoms. The molecule has 0 aliphatic rings. The van der Waals surface area contributed by atoms with Crippen molar-refractivity contribution in [2.24, 2.45) is 0 Å². The highest BCUT2D eigenvalue weighted by Gasteiger charge is 2.13. The Balaban J connectivity index is 2.59. The zero-order valence-corrected chi connectivity index (χ0v) is 13.8. The third kappa shape index (κ3) is 5.99. The minimum atomic E-state index is -0.0364. The largest absolute Gasteiger partial charge is 0.497 e. The quantitative estimate of drug-likeness (QED) is 0.789. The first-order valence-electron chi connectivity index (χ1n) is 6.95. The molecule has 0 unspecified atom stereocenters. The first-order chi connectivity index (χ1) is 9.96. The molecule has 0 saturated carbocycles. The highest BCUT2D eigenvalue weighted by molar-refractivity contribution is 7.80. The third-order valence-corrected chi connectivity index (χ3v) is 3.15. The van der Waals surface area contributed by atoms with Gasteiger partial charge in [-0.05, 0) is 57.3 Å². The van der Waals surface area contributed by atoms with Gasteiger partial charge in [0.15, 0.2) is 5.11 Å². The van der Waals surface area contributed by atoms with Gasteiger partial charge in [-0.25, -0.2) is 0 Å². The summed E-state index contributed by atoms with van der Waals surface area (Å²) in [6, 6.07) is 7.60. The number of thiocarbonyl (C=S) groups is 1. The van der Waals surface area contributed by atoms with E-state index in [-0.39, 0.29) is 18.5 Å². The van der Waals surface area contributed by atoms with Crippen molar-refractivity contribution in [3.05, 3.63) is 24.3 Å². The second kappa shape index (κ2) is 8.46. The van der Waals surface area contributed by atoms with E-state index in [1.807, 2.05) is 49.9 Å². The lowest BCUT2D eigenvalue weighted by atomic mass is 10.3. The first-order valence-corrected chi connectivity index (χ1v) is 7.36. The van der Waals surface area contributed by atoms with Crippen molar-refractivity contribution in [2.45, 2.75) is 26.8 Å². The van der Waals surface area contributed by atoms with E-state index >= 15 is 0 Å². The van der Waals surface area contributed by atoms with Gasteiger partial charge in [0.2, 0.25) is 5.91 Å². The van der Waals surface area contributed by atoms with Crippen molar-refractivity contribution in [3.63, 3.8) is 0 Å². The molecule has 0 aliphatic carbocycles. The van der Waals surface area contributed by atoms with E-state index in [1.165, 1.54) is 0 Å². The van der Waals surface area contributed by atoms with Crippen LogP contribution >= 0.6 is 12.2 Å². The number of carbonyl (C=O) groups is 1. The summed E-state index contributed by atoms with van der Waals surface area (Å²) >= 11 is 5.35. The molecular weight excluding hydrogens is 286 g/mol. The minimum absolute atomic E-state index is 0.0364. The van der Waals surface area contributed by atoms with Gasteiger partial charge in [-0.3, -0.25) is 4.79 Å². The van der Waals surface area contributed by atoms with Gasteiger partial charge in [-0.1, -0.05) is 0 Å². The number of anilines is 1. The van der Waals surface area contributed by atoms with E-state index in [0.717, 1.165) is 11.4 Å². The van der Waals surface area contributed by atoms with Gasteiger partial charge in [0.05, 0.1) is 13.7 Å². The lowest BCUT2D eigenvalue weighted by molar-refractivity contribution is -0.121. The maximum absolute atomic E-state index is 11.8. The number of nitrogens with zero attached hydrogens (tertiary/aromatic N) is 1. The molecule has 0 saturated heterocycles. The molecule has 116 valence electrons. The molecule has 0 atom stereocenters. The second-order valence-electron chi connectivity index (χ2n) is 4.90. The fourth-order valence-corrected chi connectivity index (χ4v) is 2.06. The van der Waals surface area contributed by atoms with Crippen molar-refractivity contribution in [1.29, 1.82) is 0 Å². The number of methoxy groups -OCH3 is 1. The van der Waals surface area contributed by atoms with Crippen LogP contribution in [0.5, 0.6) is 5.75 Å². The molecule has 6 heteroatoms. The Morgan fingerprint density at radius 3 is 2.43 bits per heavy atom. The van der Waals surface area contributed by atoms with Crippen LogP contribution in [0.4, 0.5) is 5.69 Å². The van der Waals surface area contributed by atoms with Crippen molar-refractivity contribution < 1.29 is 9.53 Å². The molecule has 2 N–H and O–H groups in total. The van der Waals surface area contributed by atoms with Gasteiger partial charge in [-0.15, -0.1) is 0 Å². The number of amides is 1. The van der Waals surface area contributed by atoms with Gasteiger partial charge in [0, 0.05) is 18.3 Å².